The van der Waals surface area contributed by atoms with Gasteiger partial charge in [0, 0.05) is 12.6 Å². The summed E-state index contributed by atoms with van der Waals surface area (Å²) in [5.41, 5.74) is 5.26. The predicted octanol–water partition coefficient (Wildman–Crippen LogP) is -0.0884. The van der Waals surface area contributed by atoms with E-state index >= 15 is 0 Å². The molecule has 76 valence electrons. The van der Waals surface area contributed by atoms with Crippen molar-refractivity contribution in [3.8, 4) is 0 Å². The molecule has 0 saturated heterocycles. The van der Waals surface area contributed by atoms with Crippen LogP contribution in [0.2, 0.25) is 0 Å². The van der Waals surface area contributed by atoms with Crippen LogP contribution in [0.3, 0.4) is 0 Å². The third-order valence-electron chi connectivity index (χ3n) is 1.40. The van der Waals surface area contributed by atoms with E-state index in [1.807, 2.05) is 13.8 Å². The van der Waals surface area contributed by atoms with Gasteiger partial charge in [0.15, 0.2) is 0 Å². The van der Waals surface area contributed by atoms with Crippen LogP contribution < -0.4 is 11.1 Å². The molecule has 0 unspecified atom stereocenters. The maximum atomic E-state index is 11.2. The Balaban J connectivity index is 3.92. The van der Waals surface area contributed by atoms with Crippen LogP contribution >= 0.6 is 0 Å². The summed E-state index contributed by atoms with van der Waals surface area (Å²) in [6.07, 6.45) is 1.15. The zero-order valence-electron chi connectivity index (χ0n) is 8.12. The van der Waals surface area contributed by atoms with Gasteiger partial charge in [-0.2, -0.15) is 0 Å². The number of imide groups is 1. The number of hydrogen-bond acceptors (Lipinski definition) is 3. The molecule has 5 heteroatoms. The quantitative estimate of drug-likeness (QED) is 0.591. The van der Waals surface area contributed by atoms with E-state index in [1.54, 1.807) is 0 Å². The average molecular weight is 187 g/mol. The van der Waals surface area contributed by atoms with Crippen LogP contribution in [-0.2, 0) is 4.79 Å². The summed E-state index contributed by atoms with van der Waals surface area (Å²) in [5.74, 6) is 0. The topological polar surface area (TPSA) is 75.4 Å². The largest absolute Gasteiger partial charge is 0.335 e. The van der Waals surface area contributed by atoms with Crippen molar-refractivity contribution in [1.82, 2.24) is 10.2 Å². The van der Waals surface area contributed by atoms with Gasteiger partial charge in [-0.15, -0.1) is 0 Å². The van der Waals surface area contributed by atoms with E-state index in [9.17, 15) is 9.59 Å². The summed E-state index contributed by atoms with van der Waals surface area (Å²) < 4.78 is 0. The van der Waals surface area contributed by atoms with E-state index in [-0.39, 0.29) is 12.1 Å². The molecular weight excluding hydrogens is 170 g/mol. The summed E-state index contributed by atoms with van der Waals surface area (Å²) in [7, 11) is 0. The Morgan fingerprint density at radius 1 is 1.62 bits per heavy atom. The molecule has 0 aliphatic heterocycles. The predicted molar refractivity (Wildman–Crippen MR) is 50.1 cm³/mol. The van der Waals surface area contributed by atoms with Crippen LogP contribution in [0.1, 0.15) is 20.3 Å². The van der Waals surface area contributed by atoms with Crippen molar-refractivity contribution in [2.24, 2.45) is 5.73 Å². The second-order valence-electron chi connectivity index (χ2n) is 3.05. The summed E-state index contributed by atoms with van der Waals surface area (Å²) in [6, 6.07) is -0.328. The number of carbonyl (C=O) groups excluding carboxylic acids is 2. The number of urea groups is 1. The standard InChI is InChI=1S/C8H17N3O2/c1-7(2)10-8(13)11(6-12)5-3-4-9/h6-7H,3-5,9H2,1-2H3,(H,10,13). The van der Waals surface area contributed by atoms with E-state index < -0.39 is 0 Å². The molecule has 0 fully saturated rings. The lowest BCUT2D eigenvalue weighted by Gasteiger charge is -2.17. The van der Waals surface area contributed by atoms with Crippen molar-refractivity contribution < 1.29 is 9.59 Å². The lowest BCUT2D eigenvalue weighted by molar-refractivity contribution is -0.115. The highest BCUT2D eigenvalue weighted by atomic mass is 16.2. The molecule has 5 nitrogen and oxygen atoms in total. The Morgan fingerprint density at radius 2 is 2.23 bits per heavy atom. The van der Waals surface area contributed by atoms with Gasteiger partial charge in [0.25, 0.3) is 0 Å². The normalized spacial score (nSPS) is 9.85. The molecule has 0 rings (SSSR count). The van der Waals surface area contributed by atoms with Gasteiger partial charge < -0.3 is 11.1 Å². The van der Waals surface area contributed by atoms with Crippen molar-refractivity contribution >= 4 is 12.4 Å². The summed E-state index contributed by atoms with van der Waals surface area (Å²) in [6.45, 7) is 4.52. The van der Waals surface area contributed by atoms with Gasteiger partial charge in [0.2, 0.25) is 6.41 Å². The minimum atomic E-state index is -0.363. The van der Waals surface area contributed by atoms with E-state index in [0.29, 0.717) is 25.9 Å². The van der Waals surface area contributed by atoms with Crippen LogP contribution in [0.15, 0.2) is 0 Å². The van der Waals surface area contributed by atoms with Crippen LogP contribution in [0.5, 0.6) is 0 Å². The monoisotopic (exact) mass is 187 g/mol. The lowest BCUT2D eigenvalue weighted by atomic mass is 10.4. The van der Waals surface area contributed by atoms with Gasteiger partial charge in [0.1, 0.15) is 0 Å². The molecule has 13 heavy (non-hydrogen) atoms. The molecule has 0 aliphatic carbocycles. The van der Waals surface area contributed by atoms with Crippen molar-refractivity contribution in [3.05, 3.63) is 0 Å². The highest BCUT2D eigenvalue weighted by molar-refractivity contribution is 5.84. The third-order valence-corrected chi connectivity index (χ3v) is 1.40. The Hall–Kier alpha value is -1.10. The molecule has 0 aromatic rings. The van der Waals surface area contributed by atoms with Gasteiger partial charge in [-0.1, -0.05) is 0 Å². The fourth-order valence-electron chi connectivity index (χ4n) is 0.794. The minimum Gasteiger partial charge on any atom is -0.335 e. The van der Waals surface area contributed by atoms with E-state index in [0.717, 1.165) is 4.90 Å². The van der Waals surface area contributed by atoms with Gasteiger partial charge in [-0.05, 0) is 26.8 Å². The second-order valence-corrected chi connectivity index (χ2v) is 3.05. The van der Waals surface area contributed by atoms with Gasteiger partial charge in [-0.3, -0.25) is 9.69 Å². The molecule has 0 saturated carbocycles. The molecule has 0 aliphatic rings. The van der Waals surface area contributed by atoms with Gasteiger partial charge in [0.05, 0.1) is 0 Å². The lowest BCUT2D eigenvalue weighted by Crippen LogP contribution is -2.43. The Kier molecular flexibility index (Phi) is 5.88. The molecule has 3 amide bonds. The highest BCUT2D eigenvalue weighted by Gasteiger charge is 2.11. The number of carbonyl (C=O) groups is 2. The van der Waals surface area contributed by atoms with Gasteiger partial charge in [-0.25, -0.2) is 4.79 Å². The molecule has 3 N–H and O–H groups in total. The number of amides is 3. The third kappa shape index (κ3) is 5.19. The first-order valence-corrected chi connectivity index (χ1v) is 4.34. The fraction of sp³-hybridized carbons (Fsp3) is 0.750. The minimum absolute atomic E-state index is 0.0350. The van der Waals surface area contributed by atoms with Crippen molar-refractivity contribution in [1.29, 1.82) is 0 Å². The smallest absolute Gasteiger partial charge is 0.324 e. The number of rotatable bonds is 5. The molecule has 0 heterocycles. The van der Waals surface area contributed by atoms with E-state index in [4.69, 9.17) is 5.73 Å². The van der Waals surface area contributed by atoms with Crippen LogP contribution in [-0.4, -0.2) is 36.5 Å². The highest BCUT2D eigenvalue weighted by Crippen LogP contribution is 1.89. The zero-order chi connectivity index (χ0) is 10.3. The van der Waals surface area contributed by atoms with Gasteiger partial charge >= 0.3 is 6.03 Å². The first-order valence-electron chi connectivity index (χ1n) is 4.34. The first-order chi connectivity index (χ1) is 6.11. The molecular formula is C8H17N3O2. The Bertz CT molecular complexity index is 171. The maximum absolute atomic E-state index is 11.2. The average Bonchev–Trinajstić information content (AvgIpc) is 2.04. The fourth-order valence-corrected chi connectivity index (χ4v) is 0.794. The van der Waals surface area contributed by atoms with Crippen molar-refractivity contribution in [2.45, 2.75) is 26.3 Å². The second kappa shape index (κ2) is 6.42. The number of nitrogens with two attached hydrogens (primary N) is 1. The van der Waals surface area contributed by atoms with Crippen molar-refractivity contribution in [2.75, 3.05) is 13.1 Å². The summed E-state index contributed by atoms with van der Waals surface area (Å²) >= 11 is 0. The summed E-state index contributed by atoms with van der Waals surface area (Å²) in [4.78, 5) is 22.8. The van der Waals surface area contributed by atoms with Crippen LogP contribution in [0.25, 0.3) is 0 Å². The Labute approximate surface area is 78.3 Å². The van der Waals surface area contributed by atoms with E-state index in [1.165, 1.54) is 0 Å². The number of nitrogens with zero attached hydrogens (tertiary/aromatic N) is 1. The first kappa shape index (κ1) is 11.9. The van der Waals surface area contributed by atoms with Crippen LogP contribution in [0, 0.1) is 0 Å². The molecule has 0 radical (unpaired) electrons. The number of hydrogen-bond donors (Lipinski definition) is 2. The van der Waals surface area contributed by atoms with Crippen molar-refractivity contribution in [3.63, 3.8) is 0 Å². The SMILES string of the molecule is CC(C)NC(=O)N(C=O)CCCN. The molecule has 0 aromatic heterocycles. The number of nitrogens with one attached hydrogen (secondary N) is 1. The molecule has 0 spiro atoms. The molecule has 0 aromatic carbocycles. The van der Waals surface area contributed by atoms with Crippen LogP contribution in [0.4, 0.5) is 4.79 Å². The molecule has 0 bridgehead atoms. The van der Waals surface area contributed by atoms with E-state index in [2.05, 4.69) is 5.32 Å². The zero-order valence-corrected chi connectivity index (χ0v) is 8.12. The maximum Gasteiger partial charge on any atom is 0.324 e. The Morgan fingerprint density at radius 3 is 2.62 bits per heavy atom. The summed E-state index contributed by atoms with van der Waals surface area (Å²) in [5, 5.41) is 2.62. The molecule has 0 atom stereocenters.